The van der Waals surface area contributed by atoms with Gasteiger partial charge in [-0.2, -0.15) is 0 Å². The van der Waals surface area contributed by atoms with Gasteiger partial charge in [0.1, 0.15) is 0 Å². The zero-order chi connectivity index (χ0) is 14.3. The van der Waals surface area contributed by atoms with E-state index in [0.29, 0.717) is 12.3 Å². The first-order chi connectivity index (χ1) is 9.08. The fourth-order valence-electron chi connectivity index (χ4n) is 2.23. The Bertz CT molecular complexity index is 401. The number of carbonyl (C=O) groups is 1. The van der Waals surface area contributed by atoms with E-state index in [1.54, 1.807) is 5.48 Å². The van der Waals surface area contributed by atoms with E-state index in [2.05, 4.69) is 39.0 Å². The highest BCUT2D eigenvalue weighted by molar-refractivity contribution is 5.77. The summed E-state index contributed by atoms with van der Waals surface area (Å²) < 4.78 is 0. The van der Waals surface area contributed by atoms with Crippen molar-refractivity contribution >= 4 is 5.91 Å². The molecule has 0 aliphatic heterocycles. The molecule has 0 heterocycles. The molecule has 1 aromatic carbocycles. The molecule has 106 valence electrons. The summed E-state index contributed by atoms with van der Waals surface area (Å²) in [5.41, 5.74) is 4.24. The van der Waals surface area contributed by atoms with E-state index < -0.39 is 0 Å². The van der Waals surface area contributed by atoms with E-state index in [0.717, 1.165) is 24.8 Å². The molecule has 1 amide bonds. The lowest BCUT2D eigenvalue weighted by molar-refractivity contribution is -0.133. The van der Waals surface area contributed by atoms with Crippen LogP contribution < -0.4 is 5.48 Å². The number of benzene rings is 1. The highest BCUT2D eigenvalue weighted by Crippen LogP contribution is 2.20. The van der Waals surface area contributed by atoms with E-state index in [1.807, 2.05) is 6.07 Å². The highest BCUT2D eigenvalue weighted by Gasteiger charge is 2.18. The Balaban J connectivity index is 2.77. The van der Waals surface area contributed by atoms with Gasteiger partial charge in [-0.25, -0.2) is 5.48 Å². The molecule has 1 aromatic rings. The third kappa shape index (κ3) is 5.03. The van der Waals surface area contributed by atoms with Gasteiger partial charge in [0.2, 0.25) is 5.91 Å². The van der Waals surface area contributed by atoms with Crippen LogP contribution in [0.15, 0.2) is 24.3 Å². The molecule has 0 bridgehead atoms. The van der Waals surface area contributed by atoms with Gasteiger partial charge in [-0.3, -0.25) is 10.0 Å². The second-order valence-electron chi connectivity index (χ2n) is 5.42. The number of hydrogen-bond donors (Lipinski definition) is 2. The Labute approximate surface area is 116 Å². The summed E-state index contributed by atoms with van der Waals surface area (Å²) in [6, 6.07) is 8.36. The second kappa shape index (κ2) is 7.95. The van der Waals surface area contributed by atoms with E-state index >= 15 is 0 Å². The van der Waals surface area contributed by atoms with Crippen molar-refractivity contribution in [3.8, 4) is 0 Å². The molecule has 0 aromatic heterocycles. The predicted octanol–water partition coefficient (Wildman–Crippen LogP) is 3.66. The summed E-state index contributed by atoms with van der Waals surface area (Å²) in [5, 5.41) is 8.83. The maximum atomic E-state index is 11.7. The molecule has 2 N–H and O–H groups in total. The van der Waals surface area contributed by atoms with Crippen LogP contribution in [-0.2, 0) is 11.2 Å². The first-order valence-corrected chi connectivity index (χ1v) is 7.11. The first kappa shape index (κ1) is 15.7. The Morgan fingerprint density at radius 2 is 2.11 bits per heavy atom. The van der Waals surface area contributed by atoms with Crippen LogP contribution in [0.25, 0.3) is 0 Å². The number of unbranched alkanes of at least 4 members (excludes halogenated alkanes) is 1. The fraction of sp³-hybridized carbons (Fsp3) is 0.562. The van der Waals surface area contributed by atoms with Crippen molar-refractivity contribution in [3.05, 3.63) is 35.4 Å². The number of amides is 1. The molecule has 0 radical (unpaired) electrons. The molecule has 1 rings (SSSR count). The third-order valence-electron chi connectivity index (χ3n) is 3.49. The Hall–Kier alpha value is -1.35. The molecule has 0 aliphatic carbocycles. The monoisotopic (exact) mass is 263 g/mol. The van der Waals surface area contributed by atoms with Crippen LogP contribution in [0.1, 0.15) is 57.1 Å². The lowest BCUT2D eigenvalue weighted by atomic mass is 9.91. The quantitative estimate of drug-likeness (QED) is 0.582. The first-order valence-electron chi connectivity index (χ1n) is 7.11. The van der Waals surface area contributed by atoms with E-state index in [9.17, 15) is 4.79 Å². The predicted molar refractivity (Wildman–Crippen MR) is 77.2 cm³/mol. The van der Waals surface area contributed by atoms with Gasteiger partial charge in [-0.1, -0.05) is 57.9 Å². The minimum Gasteiger partial charge on any atom is -0.289 e. The second-order valence-corrected chi connectivity index (χ2v) is 5.42. The van der Waals surface area contributed by atoms with Gasteiger partial charge in [0.05, 0.1) is 0 Å². The SMILES string of the molecule is CCCCC(Cc1cccc(C(C)C)c1)C(=O)NO. The maximum Gasteiger partial charge on any atom is 0.246 e. The van der Waals surface area contributed by atoms with Gasteiger partial charge in [0.25, 0.3) is 0 Å². The van der Waals surface area contributed by atoms with Gasteiger partial charge in [-0.15, -0.1) is 0 Å². The topological polar surface area (TPSA) is 49.3 Å². The van der Waals surface area contributed by atoms with Crippen molar-refractivity contribution in [1.29, 1.82) is 0 Å². The number of carbonyl (C=O) groups excluding carboxylic acids is 1. The minimum atomic E-state index is -0.275. The normalized spacial score (nSPS) is 12.5. The van der Waals surface area contributed by atoms with Gasteiger partial charge < -0.3 is 0 Å². The number of hydrogen-bond acceptors (Lipinski definition) is 2. The molecular formula is C16H25NO2. The van der Waals surface area contributed by atoms with Gasteiger partial charge in [0.15, 0.2) is 0 Å². The molecule has 3 heteroatoms. The van der Waals surface area contributed by atoms with Crippen molar-refractivity contribution in [2.75, 3.05) is 0 Å². The summed E-state index contributed by atoms with van der Waals surface area (Å²) in [7, 11) is 0. The zero-order valence-corrected chi connectivity index (χ0v) is 12.1. The lowest BCUT2D eigenvalue weighted by Gasteiger charge is -2.15. The van der Waals surface area contributed by atoms with Crippen molar-refractivity contribution in [1.82, 2.24) is 5.48 Å². The van der Waals surface area contributed by atoms with E-state index in [-0.39, 0.29) is 11.8 Å². The number of rotatable bonds is 7. The van der Waals surface area contributed by atoms with Gasteiger partial charge in [0, 0.05) is 5.92 Å². The van der Waals surface area contributed by atoms with Crippen LogP contribution in [0.4, 0.5) is 0 Å². The molecule has 19 heavy (non-hydrogen) atoms. The summed E-state index contributed by atoms with van der Waals surface area (Å²) in [6.07, 6.45) is 3.56. The Kier molecular flexibility index (Phi) is 6.57. The lowest BCUT2D eigenvalue weighted by Crippen LogP contribution is -2.29. The summed E-state index contributed by atoms with van der Waals surface area (Å²) in [4.78, 5) is 11.7. The van der Waals surface area contributed by atoms with Crippen molar-refractivity contribution in [3.63, 3.8) is 0 Å². The molecule has 0 fully saturated rings. The standard InChI is InChI=1S/C16H25NO2/c1-4-5-8-15(16(18)17-19)11-13-7-6-9-14(10-13)12(2)3/h6-7,9-10,12,15,19H,4-5,8,11H2,1-3H3,(H,17,18). The highest BCUT2D eigenvalue weighted by atomic mass is 16.5. The van der Waals surface area contributed by atoms with Crippen LogP contribution in [0.2, 0.25) is 0 Å². The number of nitrogens with one attached hydrogen (secondary N) is 1. The minimum absolute atomic E-state index is 0.146. The van der Waals surface area contributed by atoms with Crippen LogP contribution in [0, 0.1) is 5.92 Å². The Morgan fingerprint density at radius 3 is 2.68 bits per heavy atom. The van der Waals surface area contributed by atoms with Crippen LogP contribution in [0.5, 0.6) is 0 Å². The molecule has 3 nitrogen and oxygen atoms in total. The van der Waals surface area contributed by atoms with Crippen LogP contribution >= 0.6 is 0 Å². The van der Waals surface area contributed by atoms with E-state index in [1.165, 1.54) is 5.56 Å². The third-order valence-corrected chi connectivity index (χ3v) is 3.49. The summed E-state index contributed by atoms with van der Waals surface area (Å²) in [6.45, 7) is 6.43. The maximum absolute atomic E-state index is 11.7. The smallest absolute Gasteiger partial charge is 0.246 e. The van der Waals surface area contributed by atoms with E-state index in [4.69, 9.17) is 5.21 Å². The average molecular weight is 263 g/mol. The fourth-order valence-corrected chi connectivity index (χ4v) is 2.23. The van der Waals surface area contributed by atoms with Crippen molar-refractivity contribution in [2.45, 2.75) is 52.4 Å². The molecule has 1 unspecified atom stereocenters. The van der Waals surface area contributed by atoms with Gasteiger partial charge >= 0.3 is 0 Å². The van der Waals surface area contributed by atoms with Crippen LogP contribution in [-0.4, -0.2) is 11.1 Å². The number of hydroxylamine groups is 1. The van der Waals surface area contributed by atoms with Gasteiger partial charge in [-0.05, 0) is 29.9 Å². The molecular weight excluding hydrogens is 238 g/mol. The molecule has 0 aliphatic rings. The summed E-state index contributed by atoms with van der Waals surface area (Å²) >= 11 is 0. The van der Waals surface area contributed by atoms with Crippen LogP contribution in [0.3, 0.4) is 0 Å². The van der Waals surface area contributed by atoms with Crippen molar-refractivity contribution in [2.24, 2.45) is 5.92 Å². The van der Waals surface area contributed by atoms with Crippen molar-refractivity contribution < 1.29 is 10.0 Å². The molecule has 0 spiro atoms. The largest absolute Gasteiger partial charge is 0.289 e. The summed E-state index contributed by atoms with van der Waals surface area (Å²) in [5.74, 6) is 0.0662. The molecule has 0 saturated carbocycles. The zero-order valence-electron chi connectivity index (χ0n) is 12.1. The molecule has 1 atom stereocenters. The molecule has 0 saturated heterocycles. The average Bonchev–Trinajstić information content (AvgIpc) is 2.42. The Morgan fingerprint density at radius 1 is 1.37 bits per heavy atom.